The maximum Gasteiger partial charge on any atom is 0.323 e. The van der Waals surface area contributed by atoms with E-state index in [1.807, 2.05) is 36.4 Å². The second kappa shape index (κ2) is 9.64. The Bertz CT molecular complexity index is 941. The lowest BCUT2D eigenvalue weighted by molar-refractivity contribution is -0.123. The van der Waals surface area contributed by atoms with Crippen LogP contribution in [-0.4, -0.2) is 36.5 Å². The Morgan fingerprint density at radius 2 is 1.71 bits per heavy atom. The highest BCUT2D eigenvalue weighted by Crippen LogP contribution is 2.29. The molecule has 1 heterocycles. The van der Waals surface area contributed by atoms with Crippen molar-refractivity contribution < 1.29 is 14.4 Å². The highest BCUT2D eigenvalue weighted by atomic mass is 16.2. The summed E-state index contributed by atoms with van der Waals surface area (Å²) in [6, 6.07) is 15.7. The van der Waals surface area contributed by atoms with E-state index < -0.39 is 12.1 Å². The standard InChI is InChI=1S/C24H28N4O3/c29-22-16-28(21-14-8-7-13-19(21)26-22)24(31)27-20(15-17-9-3-1-4-10-17)23(30)25-18-11-5-2-6-12-18/h1,3-4,7-10,13-14,18,20H,2,5-6,11-12,15-16H2,(H,25,30)(H,26,29)(H,27,31)/t20-/m0/s1. The fourth-order valence-electron chi connectivity index (χ4n) is 4.25. The third-order valence-electron chi connectivity index (χ3n) is 5.86. The van der Waals surface area contributed by atoms with Crippen LogP contribution in [0.2, 0.25) is 0 Å². The van der Waals surface area contributed by atoms with E-state index in [4.69, 9.17) is 0 Å². The first-order valence-corrected chi connectivity index (χ1v) is 10.9. The van der Waals surface area contributed by atoms with Crippen LogP contribution in [0, 0.1) is 0 Å². The molecule has 0 aromatic heterocycles. The number of benzene rings is 2. The summed E-state index contributed by atoms with van der Waals surface area (Å²) in [6.07, 6.45) is 5.75. The van der Waals surface area contributed by atoms with Gasteiger partial charge >= 0.3 is 6.03 Å². The molecule has 1 saturated carbocycles. The molecule has 3 N–H and O–H groups in total. The zero-order chi connectivity index (χ0) is 21.6. The lowest BCUT2D eigenvalue weighted by Gasteiger charge is -2.31. The van der Waals surface area contributed by atoms with E-state index >= 15 is 0 Å². The Hall–Kier alpha value is -3.35. The molecular formula is C24H28N4O3. The molecule has 1 atom stereocenters. The molecule has 0 spiro atoms. The summed E-state index contributed by atoms with van der Waals surface area (Å²) in [5.41, 5.74) is 2.16. The van der Waals surface area contributed by atoms with E-state index in [1.54, 1.807) is 18.2 Å². The number of carbonyl (C=O) groups is 3. The summed E-state index contributed by atoms with van der Waals surface area (Å²) in [6.45, 7) is -0.0921. The summed E-state index contributed by atoms with van der Waals surface area (Å²) >= 11 is 0. The van der Waals surface area contributed by atoms with Gasteiger partial charge in [0.1, 0.15) is 12.6 Å². The van der Waals surface area contributed by atoms with E-state index in [9.17, 15) is 14.4 Å². The Balaban J connectivity index is 1.51. The second-order valence-electron chi connectivity index (χ2n) is 8.19. The number of fused-ring (bicyclic) bond motifs is 1. The predicted molar refractivity (Wildman–Crippen MR) is 120 cm³/mol. The summed E-state index contributed by atoms with van der Waals surface area (Å²) in [5, 5.41) is 8.78. The van der Waals surface area contributed by atoms with Gasteiger partial charge in [0.15, 0.2) is 0 Å². The van der Waals surface area contributed by atoms with E-state index in [0.29, 0.717) is 17.8 Å². The molecular weight excluding hydrogens is 392 g/mol. The first-order chi connectivity index (χ1) is 15.1. The van der Waals surface area contributed by atoms with Crippen LogP contribution < -0.4 is 20.9 Å². The SMILES string of the molecule is O=C1CN(C(=O)N[C@@H](Cc2ccccc2)C(=O)NC2CCCCC2)c2ccccc2N1. The Labute approximate surface area is 182 Å². The van der Waals surface area contributed by atoms with Crippen LogP contribution in [0.25, 0.3) is 0 Å². The van der Waals surface area contributed by atoms with Gasteiger partial charge < -0.3 is 16.0 Å². The van der Waals surface area contributed by atoms with Crippen molar-refractivity contribution in [3.8, 4) is 0 Å². The maximum atomic E-state index is 13.2. The summed E-state index contributed by atoms with van der Waals surface area (Å²) in [4.78, 5) is 39.8. The van der Waals surface area contributed by atoms with Crippen LogP contribution in [0.1, 0.15) is 37.7 Å². The van der Waals surface area contributed by atoms with Gasteiger partial charge in [-0.1, -0.05) is 61.7 Å². The molecule has 2 aromatic rings. The van der Waals surface area contributed by atoms with Gasteiger partial charge in [0.05, 0.1) is 11.4 Å². The van der Waals surface area contributed by atoms with E-state index in [1.165, 1.54) is 11.3 Å². The minimum atomic E-state index is -0.728. The van der Waals surface area contributed by atoms with Gasteiger partial charge in [-0.05, 0) is 30.5 Å². The van der Waals surface area contributed by atoms with Gasteiger partial charge in [0.25, 0.3) is 0 Å². The molecule has 1 fully saturated rings. The normalized spacial score (nSPS) is 17.3. The van der Waals surface area contributed by atoms with Crippen LogP contribution in [0.3, 0.4) is 0 Å². The van der Waals surface area contributed by atoms with Gasteiger partial charge in [0, 0.05) is 12.5 Å². The minimum Gasteiger partial charge on any atom is -0.352 e. The summed E-state index contributed by atoms with van der Waals surface area (Å²) in [5.74, 6) is -0.445. The molecule has 4 amide bonds. The number of nitrogens with one attached hydrogen (secondary N) is 3. The van der Waals surface area contributed by atoms with E-state index in [2.05, 4.69) is 16.0 Å². The van der Waals surface area contributed by atoms with Crippen LogP contribution in [0.5, 0.6) is 0 Å². The van der Waals surface area contributed by atoms with Crippen molar-refractivity contribution in [3.05, 3.63) is 60.2 Å². The molecule has 1 aliphatic carbocycles. The molecule has 0 saturated heterocycles. The van der Waals surface area contributed by atoms with Crippen molar-refractivity contribution in [1.82, 2.24) is 10.6 Å². The Morgan fingerprint density at radius 3 is 2.48 bits per heavy atom. The molecule has 7 nitrogen and oxygen atoms in total. The van der Waals surface area contributed by atoms with Crippen LogP contribution >= 0.6 is 0 Å². The molecule has 1 aliphatic heterocycles. The van der Waals surface area contributed by atoms with Crippen molar-refractivity contribution in [2.75, 3.05) is 16.8 Å². The molecule has 0 radical (unpaired) electrons. The fourth-order valence-corrected chi connectivity index (χ4v) is 4.25. The van der Waals surface area contributed by atoms with Crippen molar-refractivity contribution in [3.63, 3.8) is 0 Å². The summed E-state index contributed by atoms with van der Waals surface area (Å²) < 4.78 is 0. The third-order valence-corrected chi connectivity index (χ3v) is 5.86. The monoisotopic (exact) mass is 420 g/mol. The summed E-state index contributed by atoms with van der Waals surface area (Å²) in [7, 11) is 0. The highest BCUT2D eigenvalue weighted by molar-refractivity contribution is 6.10. The number of para-hydroxylation sites is 2. The number of amides is 4. The fraction of sp³-hybridized carbons (Fsp3) is 0.375. The third kappa shape index (κ3) is 5.23. The molecule has 2 aromatic carbocycles. The largest absolute Gasteiger partial charge is 0.352 e. The smallest absolute Gasteiger partial charge is 0.323 e. The highest BCUT2D eigenvalue weighted by Gasteiger charge is 2.30. The first-order valence-electron chi connectivity index (χ1n) is 10.9. The number of urea groups is 1. The molecule has 0 bridgehead atoms. The van der Waals surface area contributed by atoms with Gasteiger partial charge in [-0.2, -0.15) is 0 Å². The van der Waals surface area contributed by atoms with Crippen molar-refractivity contribution >= 4 is 29.2 Å². The lowest BCUT2D eigenvalue weighted by Crippen LogP contribution is -2.55. The van der Waals surface area contributed by atoms with Crippen LogP contribution in [0.15, 0.2) is 54.6 Å². The zero-order valence-electron chi connectivity index (χ0n) is 17.5. The number of anilines is 2. The zero-order valence-corrected chi connectivity index (χ0v) is 17.5. The number of carbonyl (C=O) groups excluding carboxylic acids is 3. The molecule has 162 valence electrons. The van der Waals surface area contributed by atoms with Crippen molar-refractivity contribution in [2.45, 2.75) is 50.6 Å². The van der Waals surface area contributed by atoms with Crippen molar-refractivity contribution in [2.24, 2.45) is 0 Å². The molecule has 4 rings (SSSR count). The molecule has 2 aliphatic rings. The molecule has 0 unspecified atom stereocenters. The number of hydrogen-bond donors (Lipinski definition) is 3. The first kappa shape index (κ1) is 20.9. The number of hydrogen-bond acceptors (Lipinski definition) is 3. The number of nitrogens with zero attached hydrogens (tertiary/aromatic N) is 1. The van der Waals surface area contributed by atoms with Gasteiger partial charge in [-0.15, -0.1) is 0 Å². The minimum absolute atomic E-state index is 0.0921. The molecule has 7 heteroatoms. The van der Waals surface area contributed by atoms with Gasteiger partial charge in [-0.25, -0.2) is 4.79 Å². The van der Waals surface area contributed by atoms with E-state index in [-0.39, 0.29) is 24.4 Å². The Kier molecular flexibility index (Phi) is 6.50. The van der Waals surface area contributed by atoms with Crippen LogP contribution in [-0.2, 0) is 16.0 Å². The van der Waals surface area contributed by atoms with Crippen LogP contribution in [0.4, 0.5) is 16.2 Å². The van der Waals surface area contributed by atoms with Gasteiger partial charge in [0.2, 0.25) is 11.8 Å². The lowest BCUT2D eigenvalue weighted by atomic mass is 9.95. The average Bonchev–Trinajstić information content (AvgIpc) is 2.79. The maximum absolute atomic E-state index is 13.2. The average molecular weight is 421 g/mol. The Morgan fingerprint density at radius 1 is 1.00 bits per heavy atom. The van der Waals surface area contributed by atoms with Gasteiger partial charge in [-0.3, -0.25) is 14.5 Å². The van der Waals surface area contributed by atoms with E-state index in [0.717, 1.165) is 31.2 Å². The predicted octanol–water partition coefficient (Wildman–Crippen LogP) is 3.21. The number of rotatable bonds is 5. The second-order valence-corrected chi connectivity index (χ2v) is 8.19. The topological polar surface area (TPSA) is 90.5 Å². The molecule has 31 heavy (non-hydrogen) atoms. The quantitative estimate of drug-likeness (QED) is 0.694. The van der Waals surface area contributed by atoms with Crippen molar-refractivity contribution in [1.29, 1.82) is 0 Å².